The van der Waals surface area contributed by atoms with E-state index in [-0.39, 0.29) is 17.0 Å². The van der Waals surface area contributed by atoms with Crippen molar-refractivity contribution in [3.8, 4) is 0 Å². The van der Waals surface area contributed by atoms with Crippen molar-refractivity contribution in [1.29, 1.82) is 0 Å². The second kappa shape index (κ2) is 9.49. The van der Waals surface area contributed by atoms with Crippen molar-refractivity contribution in [2.45, 2.75) is 19.9 Å². The Morgan fingerprint density at radius 2 is 2.13 bits per heavy atom. The summed E-state index contributed by atoms with van der Waals surface area (Å²) in [6, 6.07) is 8.60. The minimum Gasteiger partial charge on any atom is -0.398 e. The molecule has 1 fully saturated rings. The summed E-state index contributed by atoms with van der Waals surface area (Å²) in [6.45, 7) is 9.50. The molecule has 1 atom stereocenters. The van der Waals surface area contributed by atoms with Crippen molar-refractivity contribution in [3.63, 3.8) is 0 Å². The molecule has 2 heterocycles. The molecule has 1 aromatic carbocycles. The summed E-state index contributed by atoms with van der Waals surface area (Å²) in [7, 11) is 0. The summed E-state index contributed by atoms with van der Waals surface area (Å²) in [4.78, 5) is 13.0. The first-order valence-corrected chi connectivity index (χ1v) is 10.3. The third-order valence-corrected chi connectivity index (χ3v) is 5.37. The molecule has 0 saturated carbocycles. The highest BCUT2D eigenvalue weighted by Gasteiger charge is 2.27. The van der Waals surface area contributed by atoms with Crippen molar-refractivity contribution in [2.24, 2.45) is 10.7 Å². The van der Waals surface area contributed by atoms with Crippen LogP contribution in [0.15, 0.2) is 59.3 Å². The van der Waals surface area contributed by atoms with Crippen molar-refractivity contribution >= 4 is 40.6 Å². The van der Waals surface area contributed by atoms with E-state index in [9.17, 15) is 4.39 Å². The van der Waals surface area contributed by atoms with Gasteiger partial charge in [-0.2, -0.15) is 0 Å². The zero-order valence-corrected chi connectivity index (χ0v) is 18.5. The second-order valence-electron chi connectivity index (χ2n) is 7.21. The van der Waals surface area contributed by atoms with Gasteiger partial charge in [-0.25, -0.2) is 14.4 Å². The Bertz CT molecular complexity index is 1000. The zero-order chi connectivity index (χ0) is 21.8. The maximum atomic E-state index is 14.0. The number of hydrogen-bond acceptors (Lipinski definition) is 4. The summed E-state index contributed by atoms with van der Waals surface area (Å²) in [5.41, 5.74) is 7.80. The van der Waals surface area contributed by atoms with Crippen LogP contribution in [0.3, 0.4) is 0 Å². The number of aliphatic imine (C=N–C) groups is 1. The molecule has 30 heavy (non-hydrogen) atoms. The standard InChI is InChI=1S/C22H24Cl2FN5/c1-14-6-7-17(11-19(14)25)20(26)12-21(28-16(3)23)30-10-9-29(13-15(30)2)22-18(24)5-4-8-27-22/h4-8,11-12,15H,3,9-10,13,26H2,1-2H3/b20-12-,28-21+/t15-/m1/s1. The highest BCUT2D eigenvalue weighted by atomic mass is 35.5. The Labute approximate surface area is 186 Å². The molecule has 1 aromatic heterocycles. The van der Waals surface area contributed by atoms with Gasteiger partial charge in [0.05, 0.1) is 5.02 Å². The number of halogens is 3. The number of nitrogens with two attached hydrogens (primary N) is 1. The summed E-state index contributed by atoms with van der Waals surface area (Å²) < 4.78 is 14.0. The molecule has 8 heteroatoms. The summed E-state index contributed by atoms with van der Waals surface area (Å²) in [5.74, 6) is 1.03. The minimum absolute atomic E-state index is 0.0744. The average molecular weight is 448 g/mol. The molecule has 0 aliphatic carbocycles. The Hall–Kier alpha value is -2.57. The van der Waals surface area contributed by atoms with E-state index in [1.807, 2.05) is 12.1 Å². The minimum atomic E-state index is -0.307. The van der Waals surface area contributed by atoms with Crippen molar-refractivity contribution in [3.05, 3.63) is 76.3 Å². The molecule has 1 saturated heterocycles. The molecule has 158 valence electrons. The van der Waals surface area contributed by atoms with Crippen LogP contribution in [0.1, 0.15) is 18.1 Å². The van der Waals surface area contributed by atoms with Crippen LogP contribution >= 0.6 is 23.2 Å². The van der Waals surface area contributed by atoms with E-state index in [4.69, 9.17) is 28.9 Å². The topological polar surface area (TPSA) is 57.8 Å². The average Bonchev–Trinajstić information content (AvgIpc) is 2.69. The van der Waals surface area contributed by atoms with Crippen molar-refractivity contribution in [1.82, 2.24) is 9.88 Å². The number of nitrogens with zero attached hydrogens (tertiary/aromatic N) is 4. The maximum Gasteiger partial charge on any atom is 0.147 e. The van der Waals surface area contributed by atoms with Gasteiger partial charge in [0.2, 0.25) is 0 Å². The Morgan fingerprint density at radius 3 is 2.77 bits per heavy atom. The summed E-state index contributed by atoms with van der Waals surface area (Å²) in [5, 5.41) is 0.762. The molecule has 0 bridgehead atoms. The van der Waals surface area contributed by atoms with E-state index < -0.39 is 0 Å². The van der Waals surface area contributed by atoms with Crippen LogP contribution in [-0.2, 0) is 0 Å². The van der Waals surface area contributed by atoms with Gasteiger partial charge < -0.3 is 15.5 Å². The Morgan fingerprint density at radius 1 is 1.37 bits per heavy atom. The van der Waals surface area contributed by atoms with Crippen LogP contribution < -0.4 is 10.6 Å². The lowest BCUT2D eigenvalue weighted by Crippen LogP contribution is -2.54. The first kappa shape index (κ1) is 22.1. The molecular weight excluding hydrogens is 424 g/mol. The number of piperazine rings is 1. The number of hydrogen-bond donors (Lipinski definition) is 1. The number of pyridine rings is 1. The summed E-state index contributed by atoms with van der Waals surface area (Å²) >= 11 is 12.3. The number of aromatic nitrogens is 1. The Balaban J connectivity index is 1.85. The fraction of sp³-hybridized carbons (Fsp3) is 0.273. The fourth-order valence-corrected chi connectivity index (χ4v) is 3.73. The van der Waals surface area contributed by atoms with E-state index in [0.29, 0.717) is 47.3 Å². The van der Waals surface area contributed by atoms with Gasteiger partial charge in [0.1, 0.15) is 22.6 Å². The molecule has 2 aromatic rings. The predicted molar refractivity (Wildman–Crippen MR) is 123 cm³/mol. The molecule has 1 aliphatic rings. The lowest BCUT2D eigenvalue weighted by Gasteiger charge is -2.41. The van der Waals surface area contributed by atoms with Gasteiger partial charge in [-0.15, -0.1) is 0 Å². The van der Waals surface area contributed by atoms with Gasteiger partial charge >= 0.3 is 0 Å². The number of rotatable bonds is 4. The molecule has 2 N–H and O–H groups in total. The van der Waals surface area contributed by atoms with E-state index in [2.05, 4.69) is 33.3 Å². The number of anilines is 1. The monoisotopic (exact) mass is 447 g/mol. The van der Waals surface area contributed by atoms with Gasteiger partial charge in [0.15, 0.2) is 0 Å². The fourth-order valence-electron chi connectivity index (χ4n) is 3.40. The largest absolute Gasteiger partial charge is 0.398 e. The third kappa shape index (κ3) is 5.12. The first-order chi connectivity index (χ1) is 14.3. The number of benzene rings is 1. The van der Waals surface area contributed by atoms with E-state index >= 15 is 0 Å². The van der Waals surface area contributed by atoms with Crippen LogP contribution in [0, 0.1) is 12.7 Å². The molecule has 5 nitrogen and oxygen atoms in total. The lowest BCUT2D eigenvalue weighted by molar-refractivity contribution is 0.298. The molecule has 0 unspecified atom stereocenters. The van der Waals surface area contributed by atoms with Gasteiger partial charge in [-0.3, -0.25) is 0 Å². The van der Waals surface area contributed by atoms with Crippen molar-refractivity contribution < 1.29 is 4.39 Å². The lowest BCUT2D eigenvalue weighted by atomic mass is 10.1. The smallest absolute Gasteiger partial charge is 0.147 e. The molecule has 0 amide bonds. The zero-order valence-electron chi connectivity index (χ0n) is 16.9. The summed E-state index contributed by atoms with van der Waals surface area (Å²) in [6.07, 6.45) is 3.43. The molecule has 0 spiro atoms. The number of amidine groups is 1. The highest BCUT2D eigenvalue weighted by molar-refractivity contribution is 6.33. The highest BCUT2D eigenvalue weighted by Crippen LogP contribution is 2.25. The first-order valence-electron chi connectivity index (χ1n) is 9.55. The predicted octanol–water partition coefficient (Wildman–Crippen LogP) is 4.80. The Kier molecular flexibility index (Phi) is 7.00. The van der Waals surface area contributed by atoms with Gasteiger partial charge in [0.25, 0.3) is 0 Å². The van der Waals surface area contributed by atoms with Crippen LogP contribution in [0.25, 0.3) is 5.70 Å². The quantitative estimate of drug-likeness (QED) is 0.415. The maximum absolute atomic E-state index is 14.0. The van der Waals surface area contributed by atoms with E-state index in [1.165, 1.54) is 6.07 Å². The van der Waals surface area contributed by atoms with Crippen LogP contribution in [-0.4, -0.2) is 41.4 Å². The second-order valence-corrected chi connectivity index (χ2v) is 8.05. The normalized spacial score (nSPS) is 18.0. The molecular formula is C22H24Cl2FN5. The van der Waals surface area contributed by atoms with Crippen LogP contribution in [0.4, 0.5) is 10.2 Å². The molecule has 3 rings (SSSR count). The van der Waals surface area contributed by atoms with Gasteiger partial charge in [0, 0.05) is 49.2 Å². The number of aryl methyl sites for hydroxylation is 1. The van der Waals surface area contributed by atoms with Crippen molar-refractivity contribution in [2.75, 3.05) is 24.5 Å². The van der Waals surface area contributed by atoms with Gasteiger partial charge in [-0.1, -0.05) is 41.9 Å². The third-order valence-electron chi connectivity index (χ3n) is 4.99. The van der Waals surface area contributed by atoms with E-state index in [1.54, 1.807) is 31.3 Å². The van der Waals surface area contributed by atoms with E-state index in [0.717, 1.165) is 5.82 Å². The van der Waals surface area contributed by atoms with Crippen LogP contribution in [0.5, 0.6) is 0 Å². The molecule has 1 aliphatic heterocycles. The molecule has 0 radical (unpaired) electrons. The van der Waals surface area contributed by atoms with Crippen LogP contribution in [0.2, 0.25) is 5.02 Å². The van der Waals surface area contributed by atoms with Gasteiger partial charge in [-0.05, 0) is 37.6 Å². The SMILES string of the molecule is C=C(Cl)/N=C(\C=C(/N)c1ccc(C)c(F)c1)N1CCN(c2ncccc2Cl)C[C@H]1C.